The molecule has 1 aromatic rings. The summed E-state index contributed by atoms with van der Waals surface area (Å²) in [4.78, 5) is 0. The Morgan fingerprint density at radius 2 is 1.95 bits per heavy atom. The van der Waals surface area contributed by atoms with Crippen LogP contribution in [0.15, 0.2) is 30.3 Å². The van der Waals surface area contributed by atoms with Crippen molar-refractivity contribution in [1.82, 2.24) is 4.72 Å². The van der Waals surface area contributed by atoms with Crippen LogP contribution in [0.1, 0.15) is 31.2 Å². The summed E-state index contributed by atoms with van der Waals surface area (Å²) in [5.74, 6) is 0.541. The van der Waals surface area contributed by atoms with E-state index in [1.807, 2.05) is 37.3 Å². The topological polar surface area (TPSA) is 46.2 Å². The fraction of sp³-hybridized carbons (Fsp3) is 0.571. The minimum absolute atomic E-state index is 0.000802. The van der Waals surface area contributed by atoms with Crippen molar-refractivity contribution in [2.24, 2.45) is 5.92 Å². The molecule has 1 saturated carbocycles. The van der Waals surface area contributed by atoms with Crippen molar-refractivity contribution in [2.75, 3.05) is 12.3 Å². The van der Waals surface area contributed by atoms with E-state index in [-0.39, 0.29) is 17.0 Å². The number of hydrogen-bond donors (Lipinski definition) is 1. The van der Waals surface area contributed by atoms with E-state index in [1.165, 1.54) is 0 Å². The van der Waals surface area contributed by atoms with E-state index in [4.69, 9.17) is 11.6 Å². The summed E-state index contributed by atoms with van der Waals surface area (Å²) in [5, 5.41) is 0.234. The molecule has 1 atom stereocenters. The van der Waals surface area contributed by atoms with Crippen molar-refractivity contribution in [3.8, 4) is 0 Å². The summed E-state index contributed by atoms with van der Waals surface area (Å²) in [6.45, 7) is 2.46. The second-order valence-electron chi connectivity index (χ2n) is 5.38. The maximum absolute atomic E-state index is 12.0. The Balaban J connectivity index is 1.83. The zero-order valence-electron chi connectivity index (χ0n) is 11.0. The molecule has 1 unspecified atom stereocenters. The van der Waals surface area contributed by atoms with Crippen molar-refractivity contribution in [1.29, 1.82) is 0 Å². The molecule has 1 fully saturated rings. The first kappa shape index (κ1) is 14.8. The standard InChI is InChI=1S/C14H20ClNO2S/c1-11(13-5-3-2-4-6-13)10-19(17,18)16-9-12-7-14(15)8-12/h2-6,11-12,14,16H,7-10H2,1H3. The Kier molecular flexibility index (Phi) is 4.87. The third kappa shape index (κ3) is 4.48. The van der Waals surface area contributed by atoms with Gasteiger partial charge in [0.15, 0.2) is 0 Å². The fourth-order valence-electron chi connectivity index (χ4n) is 2.33. The molecule has 3 nitrogen and oxygen atoms in total. The number of halogens is 1. The van der Waals surface area contributed by atoms with Gasteiger partial charge in [-0.1, -0.05) is 37.3 Å². The quantitative estimate of drug-likeness (QED) is 0.821. The molecule has 0 spiro atoms. The van der Waals surface area contributed by atoms with Crippen molar-refractivity contribution < 1.29 is 8.42 Å². The lowest BCUT2D eigenvalue weighted by Gasteiger charge is -2.30. The first-order valence-electron chi connectivity index (χ1n) is 6.62. The molecule has 1 aromatic carbocycles. The van der Waals surface area contributed by atoms with Gasteiger partial charge in [-0.2, -0.15) is 0 Å². The van der Waals surface area contributed by atoms with E-state index in [0.717, 1.165) is 18.4 Å². The van der Waals surface area contributed by atoms with Gasteiger partial charge < -0.3 is 0 Å². The second-order valence-corrected chi connectivity index (χ2v) is 7.85. The summed E-state index contributed by atoms with van der Waals surface area (Å²) >= 11 is 5.88. The van der Waals surface area contributed by atoms with Crippen LogP contribution in [0.3, 0.4) is 0 Å². The molecule has 0 radical (unpaired) electrons. The molecule has 5 heteroatoms. The summed E-state index contributed by atoms with van der Waals surface area (Å²) in [6, 6.07) is 9.72. The van der Waals surface area contributed by atoms with Gasteiger partial charge in [0.05, 0.1) is 5.75 Å². The average Bonchev–Trinajstić information content (AvgIpc) is 2.34. The number of hydrogen-bond acceptors (Lipinski definition) is 2. The van der Waals surface area contributed by atoms with E-state index < -0.39 is 10.0 Å². The van der Waals surface area contributed by atoms with E-state index in [9.17, 15) is 8.42 Å². The molecule has 0 heterocycles. The summed E-state index contributed by atoms with van der Waals surface area (Å²) < 4.78 is 26.7. The van der Waals surface area contributed by atoms with Gasteiger partial charge in [-0.05, 0) is 30.2 Å². The van der Waals surface area contributed by atoms with Crippen LogP contribution in [0.25, 0.3) is 0 Å². The first-order chi connectivity index (χ1) is 8.96. The first-order valence-corrected chi connectivity index (χ1v) is 8.71. The van der Waals surface area contributed by atoms with E-state index in [1.54, 1.807) is 0 Å². The van der Waals surface area contributed by atoms with Gasteiger partial charge in [0.2, 0.25) is 10.0 Å². The van der Waals surface area contributed by atoms with Crippen molar-refractivity contribution in [2.45, 2.75) is 31.1 Å². The van der Waals surface area contributed by atoms with Crippen LogP contribution in [-0.4, -0.2) is 26.1 Å². The van der Waals surface area contributed by atoms with Gasteiger partial charge in [-0.3, -0.25) is 0 Å². The molecule has 1 aliphatic carbocycles. The Labute approximate surface area is 120 Å². The molecule has 0 bridgehead atoms. The molecular formula is C14H20ClNO2S. The van der Waals surface area contributed by atoms with Gasteiger partial charge in [0.1, 0.15) is 0 Å². The van der Waals surface area contributed by atoms with Crippen LogP contribution in [0.5, 0.6) is 0 Å². The Bertz CT molecular complexity index is 497. The van der Waals surface area contributed by atoms with Crippen molar-refractivity contribution in [3.63, 3.8) is 0 Å². The lowest BCUT2D eigenvalue weighted by molar-refractivity contribution is 0.324. The van der Waals surface area contributed by atoms with Crippen LogP contribution in [0.2, 0.25) is 0 Å². The Morgan fingerprint density at radius 1 is 1.32 bits per heavy atom. The molecule has 0 aromatic heterocycles. The predicted molar refractivity (Wildman–Crippen MR) is 79.0 cm³/mol. The highest BCUT2D eigenvalue weighted by Gasteiger charge is 2.28. The van der Waals surface area contributed by atoms with Crippen molar-refractivity contribution in [3.05, 3.63) is 35.9 Å². The van der Waals surface area contributed by atoms with Gasteiger partial charge in [-0.15, -0.1) is 11.6 Å². The van der Waals surface area contributed by atoms with Crippen LogP contribution >= 0.6 is 11.6 Å². The molecule has 106 valence electrons. The minimum Gasteiger partial charge on any atom is -0.215 e. The maximum Gasteiger partial charge on any atom is 0.212 e. The van der Waals surface area contributed by atoms with Crippen LogP contribution in [-0.2, 0) is 10.0 Å². The SMILES string of the molecule is CC(CS(=O)(=O)NCC1CC(Cl)C1)c1ccccc1. The highest BCUT2D eigenvalue weighted by Crippen LogP contribution is 2.31. The molecule has 2 rings (SSSR count). The molecule has 19 heavy (non-hydrogen) atoms. The zero-order valence-corrected chi connectivity index (χ0v) is 12.6. The summed E-state index contributed by atoms with van der Waals surface area (Å²) in [5.41, 5.74) is 1.05. The van der Waals surface area contributed by atoms with Crippen LogP contribution in [0, 0.1) is 5.92 Å². The molecule has 1 N–H and O–H groups in total. The molecule has 0 saturated heterocycles. The number of nitrogens with one attached hydrogen (secondary N) is 1. The summed E-state index contributed by atoms with van der Waals surface area (Å²) in [7, 11) is -3.21. The third-order valence-corrected chi connectivity index (χ3v) is 5.51. The van der Waals surface area contributed by atoms with Gasteiger partial charge in [-0.25, -0.2) is 13.1 Å². The van der Waals surface area contributed by atoms with Gasteiger partial charge >= 0.3 is 0 Å². The molecule has 1 aliphatic rings. The zero-order chi connectivity index (χ0) is 13.9. The lowest BCUT2D eigenvalue weighted by atomic mass is 9.85. The third-order valence-electron chi connectivity index (χ3n) is 3.61. The number of rotatable bonds is 6. The fourth-order valence-corrected chi connectivity index (χ4v) is 4.29. The minimum atomic E-state index is -3.21. The Morgan fingerprint density at radius 3 is 2.53 bits per heavy atom. The monoisotopic (exact) mass is 301 g/mol. The lowest BCUT2D eigenvalue weighted by Crippen LogP contribution is -2.38. The largest absolute Gasteiger partial charge is 0.215 e. The van der Waals surface area contributed by atoms with E-state index in [0.29, 0.717) is 12.5 Å². The predicted octanol–water partition coefficient (Wildman–Crippen LogP) is 2.73. The maximum atomic E-state index is 12.0. The van der Waals surface area contributed by atoms with E-state index >= 15 is 0 Å². The number of alkyl halides is 1. The van der Waals surface area contributed by atoms with Crippen LogP contribution < -0.4 is 4.72 Å². The average molecular weight is 302 g/mol. The highest BCUT2D eigenvalue weighted by molar-refractivity contribution is 7.89. The number of sulfonamides is 1. The molecule has 0 amide bonds. The number of benzene rings is 1. The van der Waals surface area contributed by atoms with Crippen LogP contribution in [0.4, 0.5) is 0 Å². The Hall–Kier alpha value is -0.580. The molecular weight excluding hydrogens is 282 g/mol. The smallest absolute Gasteiger partial charge is 0.212 e. The van der Waals surface area contributed by atoms with Crippen molar-refractivity contribution >= 4 is 21.6 Å². The molecule has 0 aliphatic heterocycles. The summed E-state index contributed by atoms with van der Waals surface area (Å²) in [6.07, 6.45) is 1.83. The van der Waals surface area contributed by atoms with Gasteiger partial charge in [0.25, 0.3) is 0 Å². The van der Waals surface area contributed by atoms with Gasteiger partial charge in [0, 0.05) is 11.9 Å². The highest BCUT2D eigenvalue weighted by atomic mass is 35.5. The van der Waals surface area contributed by atoms with E-state index in [2.05, 4.69) is 4.72 Å². The second kappa shape index (κ2) is 6.25. The normalized spacial score (nSPS) is 24.7.